The third kappa shape index (κ3) is 4.37. The molecule has 3 rings (SSSR count). The van der Waals surface area contributed by atoms with Crippen LogP contribution in [-0.4, -0.2) is 31.7 Å². The summed E-state index contributed by atoms with van der Waals surface area (Å²) in [6.45, 7) is 3.31. The summed E-state index contributed by atoms with van der Waals surface area (Å²) in [4.78, 5) is 27.9. The van der Waals surface area contributed by atoms with Crippen LogP contribution in [0.5, 0.6) is 0 Å². The van der Waals surface area contributed by atoms with E-state index in [2.05, 4.69) is 15.4 Å². The van der Waals surface area contributed by atoms with Crippen LogP contribution in [0.4, 0.5) is 5.69 Å². The number of Topliss-reactive ketones (excluding diaryl/α,β-unsaturated/α-hetero) is 1. The van der Waals surface area contributed by atoms with Gasteiger partial charge in [-0.3, -0.25) is 9.59 Å². The van der Waals surface area contributed by atoms with E-state index in [1.165, 1.54) is 18.7 Å². The highest BCUT2D eigenvalue weighted by atomic mass is 32.2. The second kappa shape index (κ2) is 7.97. The number of hydrogen-bond acceptors (Lipinski definition) is 5. The first-order valence-electron chi connectivity index (χ1n) is 8.08. The van der Waals surface area contributed by atoms with Crippen molar-refractivity contribution < 1.29 is 9.59 Å². The molecule has 1 amide bonds. The van der Waals surface area contributed by atoms with E-state index in [0.29, 0.717) is 16.4 Å². The second-order valence-corrected chi connectivity index (χ2v) is 7.00. The number of para-hydroxylation sites is 1. The minimum Gasteiger partial charge on any atom is -0.325 e. The molecule has 1 atom stereocenters. The van der Waals surface area contributed by atoms with Crippen molar-refractivity contribution in [1.29, 1.82) is 0 Å². The van der Waals surface area contributed by atoms with Crippen molar-refractivity contribution in [2.24, 2.45) is 0 Å². The Morgan fingerprint density at radius 3 is 2.42 bits per heavy atom. The molecule has 0 radical (unpaired) electrons. The fourth-order valence-corrected chi connectivity index (χ4v) is 2.98. The number of nitrogens with zero attached hydrogens (tertiary/aromatic N) is 3. The zero-order valence-electron chi connectivity index (χ0n) is 14.4. The van der Waals surface area contributed by atoms with Gasteiger partial charge in [0.2, 0.25) is 11.1 Å². The van der Waals surface area contributed by atoms with Crippen LogP contribution >= 0.6 is 11.8 Å². The van der Waals surface area contributed by atoms with Crippen molar-refractivity contribution in [2.75, 3.05) is 5.32 Å². The zero-order chi connectivity index (χ0) is 18.5. The zero-order valence-corrected chi connectivity index (χ0v) is 15.2. The Kier molecular flexibility index (Phi) is 5.48. The number of carbonyl (C=O) groups is 2. The maximum absolute atomic E-state index is 12.4. The van der Waals surface area contributed by atoms with E-state index in [1.807, 2.05) is 30.3 Å². The number of ketones is 1. The Labute approximate surface area is 155 Å². The third-order valence-corrected chi connectivity index (χ3v) is 4.67. The van der Waals surface area contributed by atoms with Gasteiger partial charge in [0.1, 0.15) is 6.33 Å². The summed E-state index contributed by atoms with van der Waals surface area (Å²) in [5, 5.41) is 7.39. The molecule has 0 spiro atoms. The minimum absolute atomic E-state index is 0.00752. The van der Waals surface area contributed by atoms with E-state index in [1.54, 1.807) is 42.2 Å². The van der Waals surface area contributed by atoms with Gasteiger partial charge in [-0.25, -0.2) is 9.67 Å². The number of nitrogens with one attached hydrogen (secondary N) is 1. The number of carbonyl (C=O) groups excluding carboxylic acids is 2. The number of aromatic nitrogens is 3. The SMILES string of the molecule is CC(=O)c1ccc(NC(=O)[C@H](C)Sc2ncn(-c3ccccc3)n2)cc1. The highest BCUT2D eigenvalue weighted by Crippen LogP contribution is 2.21. The predicted molar refractivity (Wildman–Crippen MR) is 102 cm³/mol. The Bertz CT molecular complexity index is 907. The first-order valence-corrected chi connectivity index (χ1v) is 8.96. The smallest absolute Gasteiger partial charge is 0.237 e. The lowest BCUT2D eigenvalue weighted by Crippen LogP contribution is -2.22. The molecule has 0 unspecified atom stereocenters. The molecule has 1 N–H and O–H groups in total. The summed E-state index contributed by atoms with van der Waals surface area (Å²) < 4.78 is 1.67. The summed E-state index contributed by atoms with van der Waals surface area (Å²) in [6, 6.07) is 16.5. The molecule has 0 saturated heterocycles. The van der Waals surface area contributed by atoms with E-state index in [4.69, 9.17) is 0 Å². The van der Waals surface area contributed by atoms with Crippen LogP contribution in [0.3, 0.4) is 0 Å². The first kappa shape index (κ1) is 17.9. The van der Waals surface area contributed by atoms with Crippen molar-refractivity contribution >= 4 is 29.1 Å². The van der Waals surface area contributed by atoms with Gasteiger partial charge in [0, 0.05) is 11.3 Å². The Balaban J connectivity index is 1.61. The number of anilines is 1. The van der Waals surface area contributed by atoms with Gasteiger partial charge in [0.15, 0.2) is 5.78 Å². The molecule has 0 fully saturated rings. The van der Waals surface area contributed by atoms with E-state index >= 15 is 0 Å². The second-order valence-electron chi connectivity index (χ2n) is 5.69. The molecule has 26 heavy (non-hydrogen) atoms. The number of rotatable bonds is 6. The van der Waals surface area contributed by atoms with Gasteiger partial charge < -0.3 is 5.32 Å². The average Bonchev–Trinajstić information content (AvgIpc) is 3.11. The van der Waals surface area contributed by atoms with E-state index in [-0.39, 0.29) is 16.9 Å². The van der Waals surface area contributed by atoms with Crippen LogP contribution in [0, 0.1) is 0 Å². The van der Waals surface area contributed by atoms with Crippen LogP contribution < -0.4 is 5.32 Å². The van der Waals surface area contributed by atoms with Crippen molar-refractivity contribution in [3.05, 3.63) is 66.5 Å². The summed E-state index contributed by atoms with van der Waals surface area (Å²) >= 11 is 1.29. The van der Waals surface area contributed by atoms with Crippen molar-refractivity contribution in [3.8, 4) is 5.69 Å². The molecule has 0 aliphatic carbocycles. The quantitative estimate of drug-likeness (QED) is 0.533. The molecule has 0 bridgehead atoms. The summed E-state index contributed by atoms with van der Waals surface area (Å²) in [6.07, 6.45) is 1.63. The Hall–Kier alpha value is -2.93. The Morgan fingerprint density at radius 1 is 1.08 bits per heavy atom. The molecule has 0 aliphatic rings. The molecule has 0 aliphatic heterocycles. The molecule has 6 nitrogen and oxygen atoms in total. The fourth-order valence-electron chi connectivity index (χ4n) is 2.25. The normalized spacial score (nSPS) is 11.8. The Morgan fingerprint density at radius 2 is 1.77 bits per heavy atom. The highest BCUT2D eigenvalue weighted by Gasteiger charge is 2.17. The molecule has 1 heterocycles. The van der Waals surface area contributed by atoms with Crippen LogP contribution in [0.25, 0.3) is 5.69 Å². The topological polar surface area (TPSA) is 76.9 Å². The lowest BCUT2D eigenvalue weighted by molar-refractivity contribution is -0.115. The summed E-state index contributed by atoms with van der Waals surface area (Å²) in [5.41, 5.74) is 2.17. The van der Waals surface area contributed by atoms with E-state index in [9.17, 15) is 9.59 Å². The van der Waals surface area contributed by atoms with Crippen LogP contribution in [0.15, 0.2) is 66.1 Å². The van der Waals surface area contributed by atoms with Gasteiger partial charge in [-0.15, -0.1) is 5.10 Å². The first-order chi connectivity index (χ1) is 12.5. The molecule has 1 aromatic heterocycles. The molecule has 2 aromatic carbocycles. The summed E-state index contributed by atoms with van der Waals surface area (Å²) in [7, 11) is 0. The number of thioether (sulfide) groups is 1. The highest BCUT2D eigenvalue weighted by molar-refractivity contribution is 8.00. The maximum atomic E-state index is 12.4. The van der Waals surface area contributed by atoms with E-state index < -0.39 is 0 Å². The van der Waals surface area contributed by atoms with Crippen molar-refractivity contribution in [1.82, 2.24) is 14.8 Å². The van der Waals surface area contributed by atoms with Crippen molar-refractivity contribution in [3.63, 3.8) is 0 Å². The van der Waals surface area contributed by atoms with Crippen molar-refractivity contribution in [2.45, 2.75) is 24.3 Å². The van der Waals surface area contributed by atoms with Gasteiger partial charge in [-0.2, -0.15) is 0 Å². The van der Waals surface area contributed by atoms with Crippen LogP contribution in [0.2, 0.25) is 0 Å². The maximum Gasteiger partial charge on any atom is 0.237 e. The molecule has 132 valence electrons. The largest absolute Gasteiger partial charge is 0.325 e. The minimum atomic E-state index is -0.367. The van der Waals surface area contributed by atoms with Gasteiger partial charge in [-0.1, -0.05) is 30.0 Å². The molecule has 0 saturated carbocycles. The van der Waals surface area contributed by atoms with E-state index in [0.717, 1.165) is 5.69 Å². The van der Waals surface area contributed by atoms with Gasteiger partial charge in [-0.05, 0) is 50.2 Å². The summed E-state index contributed by atoms with van der Waals surface area (Å²) in [5.74, 6) is -0.159. The standard InChI is InChI=1S/C19H18N4O2S/c1-13(24)15-8-10-16(11-9-15)21-18(25)14(2)26-19-20-12-23(22-19)17-6-4-3-5-7-17/h3-12,14H,1-2H3,(H,21,25)/t14-/m0/s1. The fraction of sp³-hybridized carbons (Fsp3) is 0.158. The molecular formula is C19H18N4O2S. The van der Waals surface area contributed by atoms with Crippen LogP contribution in [-0.2, 0) is 4.79 Å². The third-order valence-electron chi connectivity index (χ3n) is 3.70. The number of amides is 1. The molecule has 3 aromatic rings. The van der Waals surface area contributed by atoms with Gasteiger partial charge in [0.05, 0.1) is 10.9 Å². The predicted octanol–water partition coefficient (Wildman–Crippen LogP) is 3.59. The lowest BCUT2D eigenvalue weighted by atomic mass is 10.1. The monoisotopic (exact) mass is 366 g/mol. The van der Waals surface area contributed by atoms with Gasteiger partial charge in [0.25, 0.3) is 0 Å². The lowest BCUT2D eigenvalue weighted by Gasteiger charge is -2.10. The number of hydrogen-bond donors (Lipinski definition) is 1. The van der Waals surface area contributed by atoms with Gasteiger partial charge >= 0.3 is 0 Å². The average molecular weight is 366 g/mol. The molecule has 7 heteroatoms. The number of benzene rings is 2. The molecular weight excluding hydrogens is 348 g/mol. The van der Waals surface area contributed by atoms with Crippen LogP contribution in [0.1, 0.15) is 24.2 Å².